The zero-order valence-electron chi connectivity index (χ0n) is 17.4. The van der Waals surface area contributed by atoms with Crippen LogP contribution in [0.3, 0.4) is 0 Å². The predicted molar refractivity (Wildman–Crippen MR) is 118 cm³/mol. The number of anilines is 1. The van der Waals surface area contributed by atoms with Gasteiger partial charge in [0, 0.05) is 39.0 Å². The Bertz CT molecular complexity index is 689. The van der Waals surface area contributed by atoms with Crippen LogP contribution in [0.15, 0.2) is 18.2 Å². The minimum Gasteiger partial charge on any atom is -0.383 e. The average molecular weight is 420 g/mol. The maximum absolute atomic E-state index is 13.1. The molecule has 4 aliphatic rings. The van der Waals surface area contributed by atoms with Gasteiger partial charge in [0.1, 0.15) is 0 Å². The van der Waals surface area contributed by atoms with Crippen LogP contribution in [0.4, 0.5) is 5.69 Å². The summed E-state index contributed by atoms with van der Waals surface area (Å²) >= 11 is 6.43. The van der Waals surface area contributed by atoms with Crippen molar-refractivity contribution in [2.45, 2.75) is 38.5 Å². The molecule has 0 unspecified atom stereocenters. The summed E-state index contributed by atoms with van der Waals surface area (Å²) in [4.78, 5) is 13.1. The lowest BCUT2D eigenvalue weighted by atomic mass is 9.49. The lowest BCUT2D eigenvalue weighted by Crippen LogP contribution is -2.51. The fourth-order valence-electron chi connectivity index (χ4n) is 6.35. The van der Waals surface area contributed by atoms with Crippen LogP contribution in [-0.4, -0.2) is 45.8 Å². The highest BCUT2D eigenvalue weighted by Gasteiger charge is 2.50. The van der Waals surface area contributed by atoms with E-state index >= 15 is 0 Å². The molecule has 4 fully saturated rings. The van der Waals surface area contributed by atoms with E-state index in [0.717, 1.165) is 49.6 Å². The van der Waals surface area contributed by atoms with Gasteiger partial charge >= 0.3 is 0 Å². The van der Waals surface area contributed by atoms with E-state index in [4.69, 9.17) is 16.3 Å². The first-order valence-corrected chi connectivity index (χ1v) is 11.5. The summed E-state index contributed by atoms with van der Waals surface area (Å²) in [6.45, 7) is 3.81. The van der Waals surface area contributed by atoms with Crippen molar-refractivity contribution >= 4 is 23.2 Å². The van der Waals surface area contributed by atoms with Crippen LogP contribution in [0, 0.1) is 23.2 Å². The molecule has 0 aliphatic heterocycles. The van der Waals surface area contributed by atoms with Gasteiger partial charge < -0.3 is 20.7 Å². The van der Waals surface area contributed by atoms with Crippen molar-refractivity contribution in [1.82, 2.24) is 10.6 Å². The van der Waals surface area contributed by atoms with Crippen LogP contribution in [0.2, 0.25) is 5.02 Å². The lowest BCUT2D eigenvalue weighted by Gasteiger charge is -2.56. The van der Waals surface area contributed by atoms with E-state index in [1.54, 1.807) is 13.2 Å². The molecule has 1 amide bonds. The fraction of sp³-hybridized carbons (Fsp3) is 0.696. The van der Waals surface area contributed by atoms with Gasteiger partial charge in [-0.2, -0.15) is 0 Å². The number of carbonyl (C=O) groups is 1. The van der Waals surface area contributed by atoms with Crippen molar-refractivity contribution in [2.75, 3.05) is 45.2 Å². The first-order chi connectivity index (χ1) is 14.1. The number of hydrogen-bond acceptors (Lipinski definition) is 4. The average Bonchev–Trinajstić information content (AvgIpc) is 2.68. The molecule has 1 aromatic carbocycles. The van der Waals surface area contributed by atoms with E-state index in [2.05, 4.69) is 16.0 Å². The van der Waals surface area contributed by atoms with Gasteiger partial charge in [0.25, 0.3) is 5.91 Å². The van der Waals surface area contributed by atoms with Gasteiger partial charge in [0.05, 0.1) is 17.2 Å². The molecule has 4 aliphatic carbocycles. The Kier molecular flexibility index (Phi) is 6.67. The lowest BCUT2D eigenvalue weighted by molar-refractivity contribution is -0.0503. The SMILES string of the molecule is COCCNCCNc1cccc(Cl)c1C(=O)NCC12CC3CC(CC(C3)C1)C2. The molecule has 0 heterocycles. The molecule has 5 nitrogen and oxygen atoms in total. The number of amides is 1. The van der Waals surface area contributed by atoms with E-state index < -0.39 is 0 Å². The summed E-state index contributed by atoms with van der Waals surface area (Å²) in [5.41, 5.74) is 1.69. The molecule has 0 saturated heterocycles. The number of rotatable bonds is 10. The van der Waals surface area contributed by atoms with E-state index in [1.807, 2.05) is 12.1 Å². The molecule has 0 radical (unpaired) electrons. The van der Waals surface area contributed by atoms with Crippen LogP contribution in [0.25, 0.3) is 0 Å². The van der Waals surface area contributed by atoms with E-state index in [1.165, 1.54) is 38.5 Å². The van der Waals surface area contributed by atoms with Crippen LogP contribution in [0.5, 0.6) is 0 Å². The number of hydrogen-bond donors (Lipinski definition) is 3. The minimum absolute atomic E-state index is 0.0545. The van der Waals surface area contributed by atoms with Gasteiger partial charge in [-0.15, -0.1) is 0 Å². The minimum atomic E-state index is -0.0545. The van der Waals surface area contributed by atoms with Crippen LogP contribution < -0.4 is 16.0 Å². The molecule has 3 N–H and O–H groups in total. The third kappa shape index (κ3) is 4.89. The second kappa shape index (κ2) is 9.23. The molecule has 4 saturated carbocycles. The van der Waals surface area contributed by atoms with Crippen LogP contribution in [0.1, 0.15) is 48.9 Å². The van der Waals surface area contributed by atoms with Crippen molar-refractivity contribution in [3.63, 3.8) is 0 Å². The third-order valence-electron chi connectivity index (χ3n) is 7.13. The van der Waals surface area contributed by atoms with Gasteiger partial charge in [-0.05, 0) is 73.8 Å². The molecule has 1 aromatic rings. The largest absolute Gasteiger partial charge is 0.383 e. The number of halogens is 1. The summed E-state index contributed by atoms with van der Waals surface area (Å²) in [5.74, 6) is 2.62. The van der Waals surface area contributed by atoms with E-state index in [9.17, 15) is 4.79 Å². The van der Waals surface area contributed by atoms with Crippen molar-refractivity contribution in [2.24, 2.45) is 23.2 Å². The first-order valence-electron chi connectivity index (χ1n) is 11.1. The summed E-state index contributed by atoms with van der Waals surface area (Å²) in [5, 5.41) is 10.4. The van der Waals surface area contributed by atoms with Gasteiger partial charge in [-0.3, -0.25) is 4.79 Å². The summed E-state index contributed by atoms with van der Waals surface area (Å²) in [7, 11) is 1.69. The molecule has 6 heteroatoms. The van der Waals surface area contributed by atoms with Crippen molar-refractivity contribution < 1.29 is 9.53 Å². The maximum Gasteiger partial charge on any atom is 0.254 e. The second-order valence-electron chi connectivity index (χ2n) is 9.43. The molecule has 160 valence electrons. The Hall–Kier alpha value is -1.30. The Labute approximate surface area is 179 Å². The zero-order valence-corrected chi connectivity index (χ0v) is 18.2. The number of carbonyl (C=O) groups excluding carboxylic acids is 1. The van der Waals surface area contributed by atoms with Crippen molar-refractivity contribution in [3.8, 4) is 0 Å². The predicted octanol–water partition coefficient (Wildman–Crippen LogP) is 3.93. The first kappa shape index (κ1) is 21.0. The highest BCUT2D eigenvalue weighted by molar-refractivity contribution is 6.34. The summed E-state index contributed by atoms with van der Waals surface area (Å²) < 4.78 is 5.03. The van der Waals surface area contributed by atoms with Crippen molar-refractivity contribution in [3.05, 3.63) is 28.8 Å². The standard InChI is InChI=1S/C23H34ClN3O2/c1-29-8-7-25-5-6-26-20-4-2-3-19(24)21(20)22(28)27-15-23-12-16-9-17(13-23)11-18(10-16)14-23/h2-4,16-18,25-26H,5-15H2,1H3,(H,27,28). The molecule has 5 rings (SSSR count). The smallest absolute Gasteiger partial charge is 0.254 e. The van der Waals surface area contributed by atoms with Crippen molar-refractivity contribution in [1.29, 1.82) is 0 Å². The second-order valence-corrected chi connectivity index (χ2v) is 9.84. The highest BCUT2D eigenvalue weighted by Crippen LogP contribution is 2.59. The zero-order chi connectivity index (χ0) is 20.3. The number of methoxy groups -OCH3 is 1. The maximum atomic E-state index is 13.1. The fourth-order valence-corrected chi connectivity index (χ4v) is 6.61. The molecule has 0 aromatic heterocycles. The van der Waals surface area contributed by atoms with Gasteiger partial charge in [0.2, 0.25) is 0 Å². The summed E-state index contributed by atoms with van der Waals surface area (Å²) in [6, 6.07) is 5.61. The van der Waals surface area contributed by atoms with E-state index in [-0.39, 0.29) is 5.91 Å². The molecular formula is C23H34ClN3O2. The quantitative estimate of drug-likeness (QED) is 0.503. The molecule has 0 spiro atoms. The van der Waals surface area contributed by atoms with E-state index in [0.29, 0.717) is 22.6 Å². The van der Waals surface area contributed by atoms with Gasteiger partial charge in [0.15, 0.2) is 0 Å². The number of ether oxygens (including phenoxy) is 1. The topological polar surface area (TPSA) is 62.4 Å². The number of nitrogens with one attached hydrogen (secondary N) is 3. The van der Waals surface area contributed by atoms with Gasteiger partial charge in [-0.25, -0.2) is 0 Å². The van der Waals surface area contributed by atoms with Gasteiger partial charge in [-0.1, -0.05) is 17.7 Å². The van der Waals surface area contributed by atoms with Crippen LogP contribution in [-0.2, 0) is 4.74 Å². The monoisotopic (exact) mass is 419 g/mol. The Balaban J connectivity index is 1.35. The number of benzene rings is 1. The molecular weight excluding hydrogens is 386 g/mol. The molecule has 0 atom stereocenters. The summed E-state index contributed by atoms with van der Waals surface area (Å²) in [6.07, 6.45) is 8.14. The third-order valence-corrected chi connectivity index (χ3v) is 7.44. The molecule has 29 heavy (non-hydrogen) atoms. The Morgan fingerprint density at radius 1 is 1.10 bits per heavy atom. The van der Waals surface area contributed by atoms with Crippen LogP contribution >= 0.6 is 11.6 Å². The Morgan fingerprint density at radius 2 is 1.79 bits per heavy atom. The highest BCUT2D eigenvalue weighted by atomic mass is 35.5. The molecule has 4 bridgehead atoms. The Morgan fingerprint density at radius 3 is 2.45 bits per heavy atom. The normalized spacial score (nSPS) is 29.8.